The van der Waals surface area contributed by atoms with Crippen LogP contribution in [0.4, 0.5) is 5.69 Å². The highest BCUT2D eigenvalue weighted by Gasteiger charge is 2.74. The van der Waals surface area contributed by atoms with Crippen molar-refractivity contribution >= 4 is 23.5 Å². The first kappa shape index (κ1) is 32.1. The van der Waals surface area contributed by atoms with Crippen LogP contribution in [-0.2, 0) is 24.5 Å². The number of anilines is 1. The van der Waals surface area contributed by atoms with E-state index in [1.807, 2.05) is 65.6 Å². The number of hydrogen-bond donors (Lipinski definition) is 4. The minimum atomic E-state index is -1.80. The molecule has 4 N–H and O–H groups in total. The van der Waals surface area contributed by atoms with E-state index in [0.717, 1.165) is 11.1 Å². The number of carbonyl (C=O) groups is 3. The molecule has 6 atom stereocenters. The lowest BCUT2D eigenvalue weighted by Crippen LogP contribution is -2.52. The molecule has 0 aliphatic carbocycles. The average Bonchev–Trinajstić information content (AvgIpc) is 3.60. The number of cyclic esters (lactones) is 1. The van der Waals surface area contributed by atoms with Crippen molar-refractivity contribution in [1.82, 2.24) is 4.90 Å². The fourth-order valence-corrected chi connectivity index (χ4v) is 7.78. The number of carboxylic acid groups (broad SMARTS) is 1. The fraction of sp³-hybridized carbons (Fsp3) is 0.256. The van der Waals surface area contributed by atoms with Crippen molar-refractivity contribution < 1.29 is 39.2 Å². The zero-order valence-corrected chi connectivity index (χ0v) is 26.4. The number of carbonyl (C=O) groups excluding carboxylic acids is 2. The van der Waals surface area contributed by atoms with Crippen molar-refractivity contribution in [3.05, 3.63) is 131 Å². The molecular formula is C39H34N2O8. The van der Waals surface area contributed by atoms with E-state index in [4.69, 9.17) is 9.47 Å². The summed E-state index contributed by atoms with van der Waals surface area (Å²) in [6, 6.07) is 27.9. The number of benzene rings is 4. The van der Waals surface area contributed by atoms with Crippen LogP contribution in [0.5, 0.6) is 5.75 Å². The predicted molar refractivity (Wildman–Crippen MR) is 178 cm³/mol. The Hall–Kier alpha value is -5.47. The van der Waals surface area contributed by atoms with Gasteiger partial charge in [-0.05, 0) is 52.6 Å². The summed E-state index contributed by atoms with van der Waals surface area (Å²) < 4.78 is 11.9. The van der Waals surface area contributed by atoms with Gasteiger partial charge >= 0.3 is 11.9 Å². The van der Waals surface area contributed by atoms with Crippen molar-refractivity contribution in [2.24, 2.45) is 5.92 Å². The van der Waals surface area contributed by atoms with Crippen LogP contribution >= 0.6 is 0 Å². The van der Waals surface area contributed by atoms with Gasteiger partial charge in [-0.2, -0.15) is 0 Å². The molecule has 0 aromatic heterocycles. The molecule has 10 nitrogen and oxygen atoms in total. The van der Waals surface area contributed by atoms with Crippen LogP contribution in [0.3, 0.4) is 0 Å². The summed E-state index contributed by atoms with van der Waals surface area (Å²) in [5, 5.41) is 32.7. The Morgan fingerprint density at radius 3 is 2.20 bits per heavy atom. The summed E-state index contributed by atoms with van der Waals surface area (Å²) in [6.07, 6.45) is -0.586. The van der Waals surface area contributed by atoms with Crippen molar-refractivity contribution in [3.8, 4) is 17.6 Å². The molecule has 1 spiro atoms. The molecule has 248 valence electrons. The van der Waals surface area contributed by atoms with Crippen LogP contribution < -0.4 is 10.1 Å². The molecule has 3 aliphatic heterocycles. The number of aliphatic hydroxyl groups is 2. The summed E-state index contributed by atoms with van der Waals surface area (Å²) in [5.74, 6) is 2.24. The number of amides is 1. The van der Waals surface area contributed by atoms with E-state index in [0.29, 0.717) is 28.1 Å². The molecule has 3 heterocycles. The number of esters is 1. The number of morpholine rings is 1. The molecule has 1 amide bonds. The normalized spacial score (nSPS) is 25.5. The molecule has 4 aromatic carbocycles. The summed E-state index contributed by atoms with van der Waals surface area (Å²) in [5.41, 5.74) is 1.68. The second kappa shape index (κ2) is 13.2. The Morgan fingerprint density at radius 2 is 1.55 bits per heavy atom. The van der Waals surface area contributed by atoms with Gasteiger partial charge in [-0.25, -0.2) is 0 Å². The van der Waals surface area contributed by atoms with Crippen LogP contribution in [0, 0.1) is 17.8 Å². The Kier molecular flexibility index (Phi) is 8.65. The topological polar surface area (TPSA) is 146 Å². The van der Waals surface area contributed by atoms with Gasteiger partial charge < -0.3 is 30.1 Å². The van der Waals surface area contributed by atoms with Gasteiger partial charge in [0, 0.05) is 17.7 Å². The van der Waals surface area contributed by atoms with Crippen LogP contribution in [0.15, 0.2) is 103 Å². The van der Waals surface area contributed by atoms with Gasteiger partial charge in [-0.3, -0.25) is 19.3 Å². The van der Waals surface area contributed by atoms with E-state index in [9.17, 15) is 29.7 Å². The molecule has 0 saturated carbocycles. The first-order valence-corrected chi connectivity index (χ1v) is 16.1. The Labute approximate surface area is 282 Å². The number of ether oxygens (including phenoxy) is 2. The molecule has 10 heteroatoms. The van der Waals surface area contributed by atoms with Gasteiger partial charge in [0.05, 0.1) is 25.3 Å². The summed E-state index contributed by atoms with van der Waals surface area (Å²) >= 11 is 0. The number of nitrogens with zero attached hydrogens (tertiary/aromatic N) is 1. The Bertz CT molecular complexity index is 1940. The maximum atomic E-state index is 14.7. The van der Waals surface area contributed by atoms with Crippen LogP contribution in [0.25, 0.3) is 0 Å². The highest BCUT2D eigenvalue weighted by atomic mass is 16.6. The fourth-order valence-electron chi connectivity index (χ4n) is 7.78. The standard InChI is InChI=1S/C39H34N2O8/c42-20-8-7-9-24-14-19-30-29(23-24)39(38(47)40-30)31(36(44)45)33-37(46)49-34(26-12-5-2-6-13-26)32(25-10-3-1-4-11-25)41(33)35(39)27-15-17-28(18-16-27)48-22-21-43/h1-6,10-19,23,31-35,42-43H,8,20-22H2,(H,40,47)(H,44,45)/t31-,32-,33-,34+,35+,39-/m0/s1. The van der Waals surface area contributed by atoms with Crippen molar-refractivity contribution in [2.75, 3.05) is 25.1 Å². The van der Waals surface area contributed by atoms with Crippen molar-refractivity contribution in [1.29, 1.82) is 0 Å². The monoisotopic (exact) mass is 658 g/mol. The number of aliphatic hydroxyl groups excluding tert-OH is 2. The minimum Gasteiger partial charge on any atom is -0.491 e. The molecular weight excluding hydrogens is 624 g/mol. The number of fused-ring (bicyclic) bond motifs is 3. The quantitative estimate of drug-likeness (QED) is 0.162. The molecule has 0 unspecified atom stereocenters. The van der Waals surface area contributed by atoms with Crippen LogP contribution in [0.1, 0.15) is 52.4 Å². The molecule has 2 saturated heterocycles. The SMILES string of the molecule is O=C1O[C@H](c2ccccc2)[C@H](c2ccccc2)N2[C@H]1[C@@H](C(=O)O)[C@]1(C(=O)Nc3ccc(C#CCCO)cc31)[C@H]2c1ccc(OCCO)cc1. The van der Waals surface area contributed by atoms with E-state index < -0.39 is 53.4 Å². The lowest BCUT2D eigenvalue weighted by molar-refractivity contribution is -0.179. The maximum absolute atomic E-state index is 14.7. The van der Waals surface area contributed by atoms with E-state index in [2.05, 4.69) is 17.2 Å². The van der Waals surface area contributed by atoms with Gasteiger partial charge in [-0.1, -0.05) is 84.6 Å². The predicted octanol–water partition coefficient (Wildman–Crippen LogP) is 4.15. The van der Waals surface area contributed by atoms with E-state index in [1.165, 1.54) is 0 Å². The Morgan fingerprint density at radius 1 is 0.857 bits per heavy atom. The number of rotatable bonds is 8. The van der Waals surface area contributed by atoms with Crippen molar-refractivity contribution in [3.63, 3.8) is 0 Å². The molecule has 0 radical (unpaired) electrons. The second-order valence-corrected chi connectivity index (χ2v) is 12.2. The third-order valence-corrected chi connectivity index (χ3v) is 9.60. The number of nitrogens with one attached hydrogen (secondary N) is 1. The molecule has 3 aliphatic rings. The highest BCUT2D eigenvalue weighted by Crippen LogP contribution is 2.64. The molecule has 4 aromatic rings. The lowest BCUT2D eigenvalue weighted by atomic mass is 9.65. The lowest BCUT2D eigenvalue weighted by Gasteiger charge is -2.46. The Balaban J connectivity index is 1.52. The summed E-state index contributed by atoms with van der Waals surface area (Å²) in [7, 11) is 0. The van der Waals surface area contributed by atoms with Crippen LogP contribution in [-0.4, -0.2) is 63.9 Å². The van der Waals surface area contributed by atoms with Crippen molar-refractivity contribution in [2.45, 2.75) is 36.1 Å². The van der Waals surface area contributed by atoms with Crippen LogP contribution in [0.2, 0.25) is 0 Å². The summed E-state index contributed by atoms with van der Waals surface area (Å²) in [6.45, 7) is -0.213. The van der Waals surface area contributed by atoms with Gasteiger partial charge in [0.15, 0.2) is 0 Å². The summed E-state index contributed by atoms with van der Waals surface area (Å²) in [4.78, 5) is 44.6. The van der Waals surface area contributed by atoms with E-state index in [-0.39, 0.29) is 26.2 Å². The first-order valence-electron chi connectivity index (χ1n) is 16.1. The third-order valence-electron chi connectivity index (χ3n) is 9.60. The molecule has 0 bridgehead atoms. The zero-order chi connectivity index (χ0) is 34.1. The minimum absolute atomic E-state index is 0.0819. The largest absolute Gasteiger partial charge is 0.491 e. The van der Waals surface area contributed by atoms with Gasteiger partial charge in [0.25, 0.3) is 0 Å². The zero-order valence-electron chi connectivity index (χ0n) is 26.4. The second-order valence-electron chi connectivity index (χ2n) is 12.2. The van der Waals surface area contributed by atoms with Gasteiger partial charge in [0.1, 0.15) is 35.8 Å². The van der Waals surface area contributed by atoms with E-state index in [1.54, 1.807) is 42.5 Å². The smallest absolute Gasteiger partial charge is 0.325 e. The third kappa shape index (κ3) is 5.33. The molecule has 49 heavy (non-hydrogen) atoms. The van der Waals surface area contributed by atoms with Gasteiger partial charge in [0.2, 0.25) is 5.91 Å². The molecule has 7 rings (SSSR count). The maximum Gasteiger partial charge on any atom is 0.325 e. The first-order chi connectivity index (χ1) is 23.9. The average molecular weight is 659 g/mol. The highest BCUT2D eigenvalue weighted by molar-refractivity contribution is 6.11. The number of carboxylic acids is 1. The number of hydrogen-bond acceptors (Lipinski definition) is 8. The number of aliphatic carboxylic acids is 1. The molecule has 2 fully saturated rings. The van der Waals surface area contributed by atoms with Gasteiger partial charge in [-0.15, -0.1) is 0 Å². The van der Waals surface area contributed by atoms with E-state index >= 15 is 0 Å².